The van der Waals surface area contributed by atoms with E-state index in [4.69, 9.17) is 5.11 Å². The molecule has 0 amide bonds. The van der Waals surface area contributed by atoms with Gasteiger partial charge in [-0.2, -0.15) is 4.31 Å². The number of aliphatic carboxylic acids is 1. The number of carboxylic acids is 1. The second-order valence-electron chi connectivity index (χ2n) is 5.06. The fourth-order valence-electron chi connectivity index (χ4n) is 2.58. The van der Waals surface area contributed by atoms with E-state index in [1.165, 1.54) is 18.2 Å². The van der Waals surface area contributed by atoms with Crippen LogP contribution in [0.25, 0.3) is 0 Å². The minimum absolute atomic E-state index is 0.0255. The van der Waals surface area contributed by atoms with Crippen molar-refractivity contribution < 1.29 is 23.2 Å². The lowest BCUT2D eigenvalue weighted by molar-refractivity contribution is -0.385. The Morgan fingerprint density at radius 3 is 2.73 bits per heavy atom. The van der Waals surface area contributed by atoms with Crippen LogP contribution in [0, 0.1) is 10.1 Å². The number of hydrogen-bond donors (Lipinski definition) is 1. The Bertz CT molecular complexity index is 688. The molecule has 0 saturated carbocycles. The van der Waals surface area contributed by atoms with Crippen molar-refractivity contribution in [2.75, 3.05) is 12.3 Å². The molecule has 1 aliphatic rings. The van der Waals surface area contributed by atoms with Gasteiger partial charge in [-0.15, -0.1) is 0 Å². The van der Waals surface area contributed by atoms with Crippen molar-refractivity contribution in [3.63, 3.8) is 0 Å². The molecule has 1 aromatic rings. The summed E-state index contributed by atoms with van der Waals surface area (Å²) in [6.45, 7) is 0.177. The molecule has 1 aliphatic heterocycles. The van der Waals surface area contributed by atoms with E-state index >= 15 is 0 Å². The number of carboxylic acid groups (broad SMARTS) is 1. The molecule has 1 atom stereocenters. The van der Waals surface area contributed by atoms with Crippen LogP contribution >= 0.6 is 0 Å². The van der Waals surface area contributed by atoms with Crippen LogP contribution in [0.3, 0.4) is 0 Å². The first-order valence-corrected chi connectivity index (χ1v) is 8.38. The van der Waals surface area contributed by atoms with Crippen LogP contribution in [0.15, 0.2) is 24.3 Å². The number of sulfonamides is 1. The summed E-state index contributed by atoms with van der Waals surface area (Å²) in [7, 11) is -3.76. The van der Waals surface area contributed by atoms with Crippen LogP contribution in [0.4, 0.5) is 5.69 Å². The van der Waals surface area contributed by atoms with E-state index in [9.17, 15) is 23.3 Å². The summed E-state index contributed by atoms with van der Waals surface area (Å²) >= 11 is 0. The Hall–Kier alpha value is -2.00. The van der Waals surface area contributed by atoms with Gasteiger partial charge in [0.25, 0.3) is 5.69 Å². The van der Waals surface area contributed by atoms with E-state index in [0.717, 1.165) is 4.31 Å². The zero-order chi connectivity index (χ0) is 16.3. The zero-order valence-electron chi connectivity index (χ0n) is 11.7. The highest BCUT2D eigenvalue weighted by molar-refractivity contribution is 7.89. The van der Waals surface area contributed by atoms with Crippen molar-refractivity contribution in [1.82, 2.24) is 4.31 Å². The van der Waals surface area contributed by atoms with E-state index in [1.807, 2.05) is 0 Å². The van der Waals surface area contributed by atoms with Crippen LogP contribution in [-0.4, -0.2) is 47.1 Å². The molecule has 0 aromatic heterocycles. The topological polar surface area (TPSA) is 118 Å². The maximum Gasteiger partial charge on any atom is 0.322 e. The van der Waals surface area contributed by atoms with Crippen LogP contribution < -0.4 is 0 Å². The molecule has 9 heteroatoms. The zero-order valence-corrected chi connectivity index (χ0v) is 12.5. The molecule has 2 rings (SSSR count). The Morgan fingerprint density at radius 1 is 1.41 bits per heavy atom. The predicted octanol–water partition coefficient (Wildman–Crippen LogP) is 1.02. The van der Waals surface area contributed by atoms with Crippen molar-refractivity contribution in [2.24, 2.45) is 0 Å². The van der Waals surface area contributed by atoms with Gasteiger partial charge < -0.3 is 5.11 Å². The van der Waals surface area contributed by atoms with Crippen molar-refractivity contribution in [3.05, 3.63) is 39.9 Å². The Balaban J connectivity index is 2.14. The van der Waals surface area contributed by atoms with Gasteiger partial charge in [0.15, 0.2) is 0 Å². The highest BCUT2D eigenvalue weighted by Gasteiger charge is 2.38. The number of carbonyl (C=O) groups is 1. The van der Waals surface area contributed by atoms with Crippen molar-refractivity contribution >= 4 is 21.7 Å². The average molecular weight is 328 g/mol. The van der Waals surface area contributed by atoms with Gasteiger partial charge >= 0.3 is 5.97 Å². The minimum Gasteiger partial charge on any atom is -0.480 e. The SMILES string of the molecule is O=C(O)[C@H]1CCCN1S(=O)(=O)CCc1ccccc1[N+](=O)[O-]. The number of nitro benzene ring substituents is 1. The van der Waals surface area contributed by atoms with Gasteiger partial charge in [-0.05, 0) is 19.3 Å². The van der Waals surface area contributed by atoms with Gasteiger partial charge in [-0.1, -0.05) is 18.2 Å². The lowest BCUT2D eigenvalue weighted by Gasteiger charge is -2.20. The summed E-state index contributed by atoms with van der Waals surface area (Å²) in [5.74, 6) is -1.51. The monoisotopic (exact) mass is 328 g/mol. The third-order valence-electron chi connectivity index (χ3n) is 3.66. The largest absolute Gasteiger partial charge is 0.480 e. The van der Waals surface area contributed by atoms with Gasteiger partial charge in [0.05, 0.1) is 10.7 Å². The molecule has 1 saturated heterocycles. The molecule has 0 unspecified atom stereocenters. The molecule has 1 aromatic carbocycles. The summed E-state index contributed by atoms with van der Waals surface area (Å²) in [4.78, 5) is 21.4. The molecule has 0 radical (unpaired) electrons. The Kier molecular flexibility index (Phi) is 4.77. The summed E-state index contributed by atoms with van der Waals surface area (Å²) in [5, 5.41) is 20.0. The molecule has 1 fully saturated rings. The molecular weight excluding hydrogens is 312 g/mol. The highest BCUT2D eigenvalue weighted by Crippen LogP contribution is 2.24. The maximum absolute atomic E-state index is 12.3. The molecular formula is C13H16N2O6S. The number of nitro groups is 1. The molecule has 0 spiro atoms. The van der Waals surface area contributed by atoms with Gasteiger partial charge in [-0.3, -0.25) is 14.9 Å². The van der Waals surface area contributed by atoms with E-state index in [0.29, 0.717) is 18.4 Å². The number of benzene rings is 1. The number of hydrogen-bond acceptors (Lipinski definition) is 5. The number of aryl methyl sites for hydroxylation is 1. The van der Waals surface area contributed by atoms with Crippen LogP contribution in [0.2, 0.25) is 0 Å². The summed E-state index contributed by atoms with van der Waals surface area (Å²) in [6.07, 6.45) is 0.768. The smallest absolute Gasteiger partial charge is 0.322 e. The molecule has 0 aliphatic carbocycles. The molecule has 8 nitrogen and oxygen atoms in total. The minimum atomic E-state index is -3.76. The van der Waals surface area contributed by atoms with Crippen LogP contribution in [0.5, 0.6) is 0 Å². The fourth-order valence-corrected chi connectivity index (χ4v) is 4.28. The molecule has 22 heavy (non-hydrogen) atoms. The second-order valence-corrected chi connectivity index (χ2v) is 7.10. The fraction of sp³-hybridized carbons (Fsp3) is 0.462. The molecule has 1 heterocycles. The van der Waals surface area contributed by atoms with Crippen LogP contribution in [-0.2, 0) is 21.2 Å². The first-order chi connectivity index (χ1) is 10.3. The Labute approximate surface area is 127 Å². The Morgan fingerprint density at radius 2 is 2.09 bits per heavy atom. The first kappa shape index (κ1) is 16.4. The van der Waals surface area contributed by atoms with Crippen molar-refractivity contribution in [2.45, 2.75) is 25.3 Å². The number of rotatable bonds is 6. The number of para-hydroxylation sites is 1. The standard InChI is InChI=1S/C13H16N2O6S/c16-13(17)12-6-3-8-14(12)22(20,21)9-7-10-4-1-2-5-11(10)15(18)19/h1-2,4-5,12H,3,6-9H2,(H,16,17)/t12-/m1/s1. The highest BCUT2D eigenvalue weighted by atomic mass is 32.2. The molecule has 120 valence electrons. The summed E-state index contributed by atoms with van der Waals surface area (Å²) < 4.78 is 25.6. The van der Waals surface area contributed by atoms with Gasteiger partial charge in [0.2, 0.25) is 10.0 Å². The third-order valence-corrected chi connectivity index (χ3v) is 5.54. The van der Waals surface area contributed by atoms with Crippen molar-refractivity contribution in [1.29, 1.82) is 0 Å². The van der Waals surface area contributed by atoms with Crippen LogP contribution in [0.1, 0.15) is 18.4 Å². The number of nitrogens with zero attached hydrogens (tertiary/aromatic N) is 2. The summed E-state index contributed by atoms with van der Waals surface area (Å²) in [5.41, 5.74) is 0.191. The first-order valence-electron chi connectivity index (χ1n) is 6.77. The quantitative estimate of drug-likeness (QED) is 0.615. The van der Waals surface area contributed by atoms with Gasteiger partial charge in [-0.25, -0.2) is 8.42 Å². The van der Waals surface area contributed by atoms with E-state index in [2.05, 4.69) is 0 Å². The normalized spacial score (nSPS) is 19.2. The molecule has 0 bridgehead atoms. The average Bonchev–Trinajstić information content (AvgIpc) is 2.96. The maximum atomic E-state index is 12.3. The predicted molar refractivity (Wildman–Crippen MR) is 78.0 cm³/mol. The lowest BCUT2D eigenvalue weighted by atomic mass is 10.1. The van der Waals surface area contributed by atoms with E-state index in [1.54, 1.807) is 6.07 Å². The summed E-state index contributed by atoms with van der Waals surface area (Å²) in [6, 6.07) is 4.90. The van der Waals surface area contributed by atoms with E-state index < -0.39 is 27.0 Å². The second kappa shape index (κ2) is 6.41. The third kappa shape index (κ3) is 3.42. The van der Waals surface area contributed by atoms with Crippen molar-refractivity contribution in [3.8, 4) is 0 Å². The van der Waals surface area contributed by atoms with Gasteiger partial charge in [0.1, 0.15) is 6.04 Å². The molecule has 1 N–H and O–H groups in total. The van der Waals surface area contributed by atoms with E-state index in [-0.39, 0.29) is 24.4 Å². The lowest BCUT2D eigenvalue weighted by Crippen LogP contribution is -2.41. The van der Waals surface area contributed by atoms with Gasteiger partial charge in [0, 0.05) is 18.2 Å².